The molecule has 1 unspecified atom stereocenters. The molecule has 1 atom stereocenters. The Hall–Kier alpha value is -0.580. The van der Waals surface area contributed by atoms with Crippen LogP contribution in [0.3, 0.4) is 0 Å². The SMILES string of the molecule is CC(C)C1CN(Cc2cc(Br)cc3c2OCC3)CCN1. The van der Waals surface area contributed by atoms with Crippen LogP contribution < -0.4 is 10.1 Å². The number of hydrogen-bond acceptors (Lipinski definition) is 3. The van der Waals surface area contributed by atoms with E-state index in [9.17, 15) is 0 Å². The molecule has 110 valence electrons. The lowest BCUT2D eigenvalue weighted by Crippen LogP contribution is -2.52. The van der Waals surface area contributed by atoms with E-state index in [1.807, 2.05) is 0 Å². The fourth-order valence-corrected chi connectivity index (χ4v) is 3.69. The highest BCUT2D eigenvalue weighted by molar-refractivity contribution is 9.10. The van der Waals surface area contributed by atoms with Gasteiger partial charge < -0.3 is 10.1 Å². The summed E-state index contributed by atoms with van der Waals surface area (Å²) in [6, 6.07) is 5.02. The highest BCUT2D eigenvalue weighted by Crippen LogP contribution is 2.33. The summed E-state index contributed by atoms with van der Waals surface area (Å²) in [6.45, 7) is 9.73. The molecule has 0 bridgehead atoms. The molecular weight excluding hydrogens is 316 g/mol. The first kappa shape index (κ1) is 14.4. The van der Waals surface area contributed by atoms with E-state index in [1.165, 1.54) is 15.6 Å². The number of ether oxygens (including phenoxy) is 1. The second-order valence-corrected chi connectivity index (χ2v) is 7.11. The molecule has 1 fully saturated rings. The third-order valence-corrected chi connectivity index (χ3v) is 4.77. The van der Waals surface area contributed by atoms with E-state index in [0.717, 1.165) is 45.0 Å². The third-order valence-electron chi connectivity index (χ3n) is 4.31. The summed E-state index contributed by atoms with van der Waals surface area (Å²) in [5.74, 6) is 1.81. The van der Waals surface area contributed by atoms with Crippen molar-refractivity contribution >= 4 is 15.9 Å². The third kappa shape index (κ3) is 3.02. The predicted molar refractivity (Wildman–Crippen MR) is 85.2 cm³/mol. The summed E-state index contributed by atoms with van der Waals surface area (Å²) in [5.41, 5.74) is 2.68. The standard InChI is InChI=1S/C16H23BrN2O/c1-11(2)15-10-19(5-4-18-15)9-13-8-14(17)7-12-3-6-20-16(12)13/h7-8,11,15,18H,3-6,9-10H2,1-2H3. The Balaban J connectivity index is 1.75. The van der Waals surface area contributed by atoms with Crippen molar-refractivity contribution in [3.8, 4) is 5.75 Å². The minimum atomic E-state index is 0.602. The summed E-state index contributed by atoms with van der Waals surface area (Å²) < 4.78 is 7.01. The maximum absolute atomic E-state index is 5.84. The Morgan fingerprint density at radius 3 is 3.10 bits per heavy atom. The molecule has 2 aliphatic heterocycles. The van der Waals surface area contributed by atoms with Crippen LogP contribution in [-0.4, -0.2) is 37.2 Å². The second kappa shape index (κ2) is 6.04. The summed E-state index contributed by atoms with van der Waals surface area (Å²) in [4.78, 5) is 2.55. The molecular formula is C16H23BrN2O. The van der Waals surface area contributed by atoms with Gasteiger partial charge >= 0.3 is 0 Å². The van der Waals surface area contributed by atoms with E-state index in [4.69, 9.17) is 4.74 Å². The smallest absolute Gasteiger partial charge is 0.127 e. The number of hydrogen-bond donors (Lipinski definition) is 1. The Bertz CT molecular complexity index is 490. The van der Waals surface area contributed by atoms with E-state index < -0.39 is 0 Å². The van der Waals surface area contributed by atoms with Gasteiger partial charge in [0.15, 0.2) is 0 Å². The minimum Gasteiger partial charge on any atom is -0.493 e. The van der Waals surface area contributed by atoms with Gasteiger partial charge in [-0.3, -0.25) is 4.90 Å². The fraction of sp³-hybridized carbons (Fsp3) is 0.625. The monoisotopic (exact) mass is 338 g/mol. The van der Waals surface area contributed by atoms with Gasteiger partial charge in [-0.15, -0.1) is 0 Å². The van der Waals surface area contributed by atoms with Gasteiger partial charge in [-0.1, -0.05) is 29.8 Å². The van der Waals surface area contributed by atoms with E-state index >= 15 is 0 Å². The molecule has 4 heteroatoms. The van der Waals surface area contributed by atoms with Gasteiger partial charge in [0.1, 0.15) is 5.75 Å². The first-order valence-corrected chi connectivity index (χ1v) is 8.32. The molecule has 1 saturated heterocycles. The molecule has 1 aromatic carbocycles. The molecule has 1 N–H and O–H groups in total. The zero-order valence-electron chi connectivity index (χ0n) is 12.3. The van der Waals surface area contributed by atoms with Crippen molar-refractivity contribution in [2.24, 2.45) is 5.92 Å². The quantitative estimate of drug-likeness (QED) is 0.917. The zero-order chi connectivity index (χ0) is 14.1. The van der Waals surface area contributed by atoms with Gasteiger partial charge in [0.05, 0.1) is 6.61 Å². The molecule has 0 saturated carbocycles. The van der Waals surface area contributed by atoms with Gasteiger partial charge in [0.25, 0.3) is 0 Å². The molecule has 2 aliphatic rings. The van der Waals surface area contributed by atoms with Crippen molar-refractivity contribution in [2.45, 2.75) is 32.9 Å². The molecule has 2 heterocycles. The maximum Gasteiger partial charge on any atom is 0.127 e. The van der Waals surface area contributed by atoms with Crippen molar-refractivity contribution in [1.82, 2.24) is 10.2 Å². The minimum absolute atomic E-state index is 0.602. The van der Waals surface area contributed by atoms with Crippen LogP contribution in [0.4, 0.5) is 0 Å². The van der Waals surface area contributed by atoms with Gasteiger partial charge in [-0.25, -0.2) is 0 Å². The molecule has 0 radical (unpaired) electrons. The normalized spacial score (nSPS) is 22.9. The van der Waals surface area contributed by atoms with E-state index in [-0.39, 0.29) is 0 Å². The van der Waals surface area contributed by atoms with Gasteiger partial charge in [-0.05, 0) is 23.6 Å². The topological polar surface area (TPSA) is 24.5 Å². The number of nitrogens with zero attached hydrogens (tertiary/aromatic N) is 1. The largest absolute Gasteiger partial charge is 0.493 e. The van der Waals surface area contributed by atoms with Gasteiger partial charge in [-0.2, -0.15) is 0 Å². The molecule has 0 aliphatic carbocycles. The zero-order valence-corrected chi connectivity index (χ0v) is 13.9. The van der Waals surface area contributed by atoms with E-state index in [0.29, 0.717) is 12.0 Å². The average molecular weight is 339 g/mol. The summed E-state index contributed by atoms with van der Waals surface area (Å²) in [7, 11) is 0. The Kier molecular flexibility index (Phi) is 4.34. The van der Waals surface area contributed by atoms with Crippen LogP contribution >= 0.6 is 15.9 Å². The molecule has 20 heavy (non-hydrogen) atoms. The van der Waals surface area contributed by atoms with Crippen LogP contribution in [0.1, 0.15) is 25.0 Å². The van der Waals surface area contributed by atoms with Gasteiger partial charge in [0, 0.05) is 48.7 Å². The van der Waals surface area contributed by atoms with E-state index in [2.05, 4.69) is 52.1 Å². The number of benzene rings is 1. The van der Waals surface area contributed by atoms with Crippen molar-refractivity contribution in [2.75, 3.05) is 26.2 Å². The molecule has 3 rings (SSSR count). The Morgan fingerprint density at radius 2 is 2.30 bits per heavy atom. The number of nitrogens with one attached hydrogen (secondary N) is 1. The van der Waals surface area contributed by atoms with Crippen LogP contribution in [0.25, 0.3) is 0 Å². The first-order valence-electron chi connectivity index (χ1n) is 7.53. The molecule has 0 amide bonds. The summed E-state index contributed by atoms with van der Waals surface area (Å²) in [6.07, 6.45) is 1.04. The highest BCUT2D eigenvalue weighted by Gasteiger charge is 2.24. The fourth-order valence-electron chi connectivity index (χ4n) is 3.14. The molecule has 0 spiro atoms. The van der Waals surface area contributed by atoms with Crippen LogP contribution in [0.2, 0.25) is 0 Å². The average Bonchev–Trinajstić information content (AvgIpc) is 2.87. The lowest BCUT2D eigenvalue weighted by atomic mass is 10.0. The van der Waals surface area contributed by atoms with Gasteiger partial charge in [0.2, 0.25) is 0 Å². The van der Waals surface area contributed by atoms with Crippen molar-refractivity contribution in [1.29, 1.82) is 0 Å². The predicted octanol–water partition coefficient (Wildman–Crippen LogP) is 2.81. The summed E-state index contributed by atoms with van der Waals surface area (Å²) >= 11 is 3.63. The molecule has 3 nitrogen and oxygen atoms in total. The highest BCUT2D eigenvalue weighted by atomic mass is 79.9. The summed E-state index contributed by atoms with van der Waals surface area (Å²) in [5, 5.41) is 3.62. The van der Waals surface area contributed by atoms with Crippen LogP contribution in [-0.2, 0) is 13.0 Å². The van der Waals surface area contributed by atoms with Crippen molar-refractivity contribution < 1.29 is 4.74 Å². The van der Waals surface area contributed by atoms with Crippen molar-refractivity contribution in [3.63, 3.8) is 0 Å². The van der Waals surface area contributed by atoms with Crippen LogP contribution in [0, 0.1) is 5.92 Å². The van der Waals surface area contributed by atoms with E-state index in [1.54, 1.807) is 0 Å². The number of piperazine rings is 1. The number of fused-ring (bicyclic) bond motifs is 1. The van der Waals surface area contributed by atoms with Crippen LogP contribution in [0.5, 0.6) is 5.75 Å². The Labute approximate surface area is 129 Å². The lowest BCUT2D eigenvalue weighted by molar-refractivity contribution is 0.167. The number of rotatable bonds is 3. The van der Waals surface area contributed by atoms with Crippen LogP contribution in [0.15, 0.2) is 16.6 Å². The first-order chi connectivity index (χ1) is 9.63. The molecule has 1 aromatic rings. The lowest BCUT2D eigenvalue weighted by Gasteiger charge is -2.36. The maximum atomic E-state index is 5.84. The molecule has 0 aromatic heterocycles. The number of halogens is 1. The van der Waals surface area contributed by atoms with Crippen molar-refractivity contribution in [3.05, 3.63) is 27.7 Å². The second-order valence-electron chi connectivity index (χ2n) is 6.19. The Morgan fingerprint density at radius 1 is 1.45 bits per heavy atom.